The van der Waals surface area contributed by atoms with E-state index < -0.39 is 20.0 Å². The smallest absolute Gasteiger partial charge is 0.284 e. The molecule has 0 atom stereocenters. The molecule has 1 heterocycles. The van der Waals surface area contributed by atoms with Gasteiger partial charge in [-0.15, -0.1) is 4.40 Å². The molecule has 1 N–H and O–H groups in total. The van der Waals surface area contributed by atoms with Crippen LogP contribution in [0.15, 0.2) is 80.9 Å². The predicted molar refractivity (Wildman–Crippen MR) is 127 cm³/mol. The Morgan fingerprint density at radius 1 is 0.812 bits per heavy atom. The number of amidine groups is 1. The van der Waals surface area contributed by atoms with E-state index in [1.807, 2.05) is 36.2 Å². The molecule has 9 heteroatoms. The van der Waals surface area contributed by atoms with Gasteiger partial charge in [0.1, 0.15) is 5.84 Å². The van der Waals surface area contributed by atoms with E-state index in [0.29, 0.717) is 12.3 Å². The summed E-state index contributed by atoms with van der Waals surface area (Å²) in [6.07, 6.45) is 3.53. The molecule has 7 nitrogen and oxygen atoms in total. The number of hydrogen-bond acceptors (Lipinski definition) is 4. The lowest BCUT2D eigenvalue weighted by Crippen LogP contribution is -2.26. The molecule has 0 bridgehead atoms. The van der Waals surface area contributed by atoms with E-state index in [-0.39, 0.29) is 15.5 Å². The van der Waals surface area contributed by atoms with Crippen molar-refractivity contribution in [2.24, 2.45) is 4.40 Å². The van der Waals surface area contributed by atoms with Gasteiger partial charge in [0.15, 0.2) is 0 Å². The zero-order chi connectivity index (χ0) is 22.8. The molecular formula is C23H25N3O4S2. The number of anilines is 1. The van der Waals surface area contributed by atoms with Crippen LogP contribution in [0.4, 0.5) is 5.69 Å². The molecule has 1 fully saturated rings. The quantitative estimate of drug-likeness (QED) is 0.601. The van der Waals surface area contributed by atoms with E-state index in [1.54, 1.807) is 12.1 Å². The summed E-state index contributed by atoms with van der Waals surface area (Å²) in [6.45, 7) is 0.764. The normalized spacial score (nSPS) is 16.8. The summed E-state index contributed by atoms with van der Waals surface area (Å²) >= 11 is 0. The summed E-state index contributed by atoms with van der Waals surface area (Å²) in [5.41, 5.74) is 0.161. The molecule has 1 saturated heterocycles. The largest absolute Gasteiger partial charge is 0.362 e. The van der Waals surface area contributed by atoms with Crippen LogP contribution in [-0.4, -0.2) is 41.2 Å². The number of sulfonamides is 2. The van der Waals surface area contributed by atoms with Crippen LogP contribution in [0, 0.1) is 0 Å². The number of likely N-dealkylation sites (tertiary alicyclic amines) is 1. The van der Waals surface area contributed by atoms with Gasteiger partial charge in [-0.3, -0.25) is 4.72 Å². The topological polar surface area (TPSA) is 95.9 Å². The first-order valence-electron chi connectivity index (χ1n) is 10.4. The van der Waals surface area contributed by atoms with E-state index in [2.05, 4.69) is 9.12 Å². The van der Waals surface area contributed by atoms with E-state index >= 15 is 0 Å². The van der Waals surface area contributed by atoms with Crippen molar-refractivity contribution in [2.45, 2.75) is 35.5 Å². The summed E-state index contributed by atoms with van der Waals surface area (Å²) < 4.78 is 58.2. The van der Waals surface area contributed by atoms with E-state index in [4.69, 9.17) is 0 Å². The van der Waals surface area contributed by atoms with Crippen molar-refractivity contribution in [2.75, 3.05) is 18.3 Å². The second-order valence-corrected chi connectivity index (χ2v) is 11.1. The summed E-state index contributed by atoms with van der Waals surface area (Å²) in [5.74, 6) is 0.532. The van der Waals surface area contributed by atoms with Crippen LogP contribution in [0.25, 0.3) is 10.8 Å². The van der Waals surface area contributed by atoms with Gasteiger partial charge in [0, 0.05) is 20.0 Å². The van der Waals surface area contributed by atoms with Gasteiger partial charge in [0.2, 0.25) is 0 Å². The minimum absolute atomic E-state index is 0.0543. The summed E-state index contributed by atoms with van der Waals surface area (Å²) in [7, 11) is -6.02. The van der Waals surface area contributed by atoms with Crippen LogP contribution in [0.1, 0.15) is 25.7 Å². The van der Waals surface area contributed by atoms with Gasteiger partial charge >= 0.3 is 0 Å². The molecule has 3 aromatic rings. The van der Waals surface area contributed by atoms with Crippen molar-refractivity contribution >= 4 is 42.3 Å². The average molecular weight is 472 g/mol. The van der Waals surface area contributed by atoms with Gasteiger partial charge in [-0.25, -0.2) is 8.42 Å². The molecule has 3 aromatic carbocycles. The molecule has 0 amide bonds. The molecule has 4 rings (SSSR count). The third-order valence-electron chi connectivity index (χ3n) is 5.48. The fourth-order valence-electron chi connectivity index (χ4n) is 3.70. The molecule has 0 aromatic heterocycles. The monoisotopic (exact) mass is 471 g/mol. The predicted octanol–water partition coefficient (Wildman–Crippen LogP) is 4.23. The first-order valence-corrected chi connectivity index (χ1v) is 13.3. The van der Waals surface area contributed by atoms with E-state index in [0.717, 1.165) is 36.6 Å². The molecule has 0 saturated carbocycles. The van der Waals surface area contributed by atoms with Crippen molar-refractivity contribution in [3.63, 3.8) is 0 Å². The van der Waals surface area contributed by atoms with Gasteiger partial charge in [-0.05, 0) is 53.9 Å². The molecule has 0 spiro atoms. The molecule has 0 unspecified atom stereocenters. The SMILES string of the molecule is CN1CCCCC/C1=N\S(=O)(=O)c1cccc(NS(=O)(=O)c2ccc3ccccc3c2)c1. The van der Waals surface area contributed by atoms with E-state index in [9.17, 15) is 16.8 Å². The maximum atomic E-state index is 12.9. The number of nitrogens with one attached hydrogen (secondary N) is 1. The molecular weight excluding hydrogens is 446 g/mol. The summed E-state index contributed by atoms with van der Waals surface area (Å²) in [5, 5.41) is 1.73. The molecule has 0 aliphatic carbocycles. The van der Waals surface area contributed by atoms with Crippen molar-refractivity contribution in [3.05, 3.63) is 66.7 Å². The second kappa shape index (κ2) is 8.91. The Balaban J connectivity index is 1.62. The molecule has 1 aliphatic heterocycles. The summed E-state index contributed by atoms with van der Waals surface area (Å²) in [4.78, 5) is 1.92. The molecule has 32 heavy (non-hydrogen) atoms. The zero-order valence-corrected chi connectivity index (χ0v) is 19.4. The Bertz CT molecular complexity index is 1380. The number of benzene rings is 3. The highest BCUT2D eigenvalue weighted by Gasteiger charge is 2.20. The van der Waals surface area contributed by atoms with Crippen LogP contribution >= 0.6 is 0 Å². The fourth-order valence-corrected chi connectivity index (χ4v) is 5.93. The number of hydrogen-bond donors (Lipinski definition) is 1. The van der Waals surface area contributed by atoms with Gasteiger partial charge in [-0.2, -0.15) is 8.42 Å². The van der Waals surface area contributed by atoms with Crippen LogP contribution in [0.3, 0.4) is 0 Å². The standard InChI is InChI=1S/C23H25N3O4S2/c1-26-15-6-2-3-12-23(26)25-32(29,30)21-11-7-10-20(17-21)24-31(27,28)22-14-13-18-8-4-5-9-19(18)16-22/h4-5,7-11,13-14,16-17,24H,2-3,6,12,15H2,1H3/b25-23+. The lowest BCUT2D eigenvalue weighted by molar-refractivity contribution is 0.494. The van der Waals surface area contributed by atoms with Crippen LogP contribution in [0.2, 0.25) is 0 Å². The highest BCUT2D eigenvalue weighted by Crippen LogP contribution is 2.24. The zero-order valence-electron chi connectivity index (χ0n) is 17.7. The van der Waals surface area contributed by atoms with Gasteiger partial charge in [0.05, 0.1) is 15.5 Å². The van der Waals surface area contributed by atoms with Crippen LogP contribution in [0.5, 0.6) is 0 Å². The van der Waals surface area contributed by atoms with Crippen LogP contribution < -0.4 is 4.72 Å². The van der Waals surface area contributed by atoms with Crippen molar-refractivity contribution in [3.8, 4) is 0 Å². The third kappa shape index (κ3) is 4.94. The number of rotatable bonds is 5. The highest BCUT2D eigenvalue weighted by atomic mass is 32.2. The number of fused-ring (bicyclic) bond motifs is 1. The average Bonchev–Trinajstić information content (AvgIpc) is 2.97. The van der Waals surface area contributed by atoms with Crippen molar-refractivity contribution < 1.29 is 16.8 Å². The molecule has 1 aliphatic rings. The van der Waals surface area contributed by atoms with Crippen LogP contribution in [-0.2, 0) is 20.0 Å². The third-order valence-corrected chi connectivity index (χ3v) is 8.16. The Labute approximate surface area is 188 Å². The first-order chi connectivity index (χ1) is 15.2. The van der Waals surface area contributed by atoms with E-state index in [1.165, 1.54) is 30.3 Å². The first kappa shape index (κ1) is 22.3. The molecule has 0 radical (unpaired) electrons. The van der Waals surface area contributed by atoms with Gasteiger partial charge < -0.3 is 4.90 Å². The Kier molecular flexibility index (Phi) is 6.21. The van der Waals surface area contributed by atoms with Crippen molar-refractivity contribution in [1.29, 1.82) is 0 Å². The maximum Gasteiger partial charge on any atom is 0.284 e. The number of nitrogens with zero attached hydrogens (tertiary/aromatic N) is 2. The summed E-state index contributed by atoms with van der Waals surface area (Å²) in [6, 6.07) is 18.1. The Morgan fingerprint density at radius 2 is 1.59 bits per heavy atom. The second-order valence-electron chi connectivity index (χ2n) is 7.86. The lowest BCUT2D eigenvalue weighted by atomic mass is 10.1. The van der Waals surface area contributed by atoms with Crippen molar-refractivity contribution in [1.82, 2.24) is 4.90 Å². The van der Waals surface area contributed by atoms with Gasteiger partial charge in [0.25, 0.3) is 20.0 Å². The lowest BCUT2D eigenvalue weighted by Gasteiger charge is -2.17. The maximum absolute atomic E-state index is 12.9. The minimum atomic E-state index is -3.97. The minimum Gasteiger partial charge on any atom is -0.362 e. The Hall–Kier alpha value is -2.91. The Morgan fingerprint density at radius 3 is 2.41 bits per heavy atom. The van der Waals surface area contributed by atoms with Gasteiger partial charge in [-0.1, -0.05) is 42.8 Å². The fraction of sp³-hybridized carbons (Fsp3) is 0.261. The molecule has 168 valence electrons. The highest BCUT2D eigenvalue weighted by molar-refractivity contribution is 7.92.